The molecule has 1 aromatic heterocycles. The SMILES string of the molecule is CC(OCC1CCCCO1)C(=O)N1CCCCCC1c1cccn1C. The lowest BCUT2D eigenvalue weighted by atomic mass is 10.1. The van der Waals surface area contributed by atoms with Crippen molar-refractivity contribution in [2.75, 3.05) is 19.8 Å². The molecule has 0 bridgehead atoms. The molecule has 25 heavy (non-hydrogen) atoms. The van der Waals surface area contributed by atoms with Crippen LogP contribution in [0.5, 0.6) is 0 Å². The van der Waals surface area contributed by atoms with Gasteiger partial charge >= 0.3 is 0 Å². The Labute approximate surface area is 151 Å². The molecule has 1 amide bonds. The van der Waals surface area contributed by atoms with Crippen LogP contribution >= 0.6 is 0 Å². The number of hydrogen-bond donors (Lipinski definition) is 0. The second kappa shape index (κ2) is 8.86. The molecule has 2 fully saturated rings. The zero-order chi connectivity index (χ0) is 17.6. The summed E-state index contributed by atoms with van der Waals surface area (Å²) < 4.78 is 13.8. The molecule has 0 radical (unpaired) electrons. The van der Waals surface area contributed by atoms with E-state index in [9.17, 15) is 4.79 Å². The molecule has 0 N–H and O–H groups in total. The van der Waals surface area contributed by atoms with Crippen LogP contribution in [0.4, 0.5) is 0 Å². The first kappa shape index (κ1) is 18.5. The highest BCUT2D eigenvalue weighted by molar-refractivity contribution is 5.81. The molecule has 1 aromatic rings. The van der Waals surface area contributed by atoms with Gasteiger partial charge in [-0.05, 0) is 51.2 Å². The van der Waals surface area contributed by atoms with E-state index in [1.54, 1.807) is 0 Å². The minimum Gasteiger partial charge on any atom is -0.376 e. The summed E-state index contributed by atoms with van der Waals surface area (Å²) in [6.07, 6.45) is 9.63. The molecule has 2 aliphatic heterocycles. The summed E-state index contributed by atoms with van der Waals surface area (Å²) in [4.78, 5) is 15.1. The zero-order valence-electron chi connectivity index (χ0n) is 15.7. The van der Waals surface area contributed by atoms with E-state index in [-0.39, 0.29) is 18.1 Å². The standard InChI is InChI=1S/C20H32N2O3/c1-16(25-15-17-9-5-7-14-24-17)20(23)22-13-6-3-4-10-19(22)18-11-8-12-21(18)2/h8,11-12,16-17,19H,3-7,9-10,13-15H2,1-2H3. The first-order valence-electron chi connectivity index (χ1n) is 9.81. The van der Waals surface area contributed by atoms with Crippen molar-refractivity contribution in [1.82, 2.24) is 9.47 Å². The third-order valence-electron chi connectivity index (χ3n) is 5.52. The molecule has 5 heteroatoms. The van der Waals surface area contributed by atoms with Gasteiger partial charge in [-0.25, -0.2) is 0 Å². The Bertz CT molecular complexity index is 551. The quantitative estimate of drug-likeness (QED) is 0.819. The highest BCUT2D eigenvalue weighted by atomic mass is 16.5. The van der Waals surface area contributed by atoms with Gasteiger partial charge in [0.1, 0.15) is 6.10 Å². The zero-order valence-corrected chi connectivity index (χ0v) is 15.7. The predicted molar refractivity (Wildman–Crippen MR) is 97.3 cm³/mol. The van der Waals surface area contributed by atoms with E-state index in [4.69, 9.17) is 9.47 Å². The largest absolute Gasteiger partial charge is 0.376 e. The van der Waals surface area contributed by atoms with Gasteiger partial charge in [-0.2, -0.15) is 0 Å². The second-order valence-electron chi connectivity index (χ2n) is 7.40. The van der Waals surface area contributed by atoms with Crippen LogP contribution in [0.2, 0.25) is 0 Å². The van der Waals surface area contributed by atoms with Crippen LogP contribution in [0.3, 0.4) is 0 Å². The topological polar surface area (TPSA) is 43.7 Å². The lowest BCUT2D eigenvalue weighted by Gasteiger charge is -2.33. The Morgan fingerprint density at radius 2 is 2.12 bits per heavy atom. The van der Waals surface area contributed by atoms with Gasteiger partial charge in [-0.1, -0.05) is 12.8 Å². The molecule has 0 aromatic carbocycles. The van der Waals surface area contributed by atoms with Crippen LogP contribution in [-0.4, -0.2) is 47.3 Å². The molecule has 0 aliphatic carbocycles. The van der Waals surface area contributed by atoms with Gasteiger partial charge in [0.25, 0.3) is 5.91 Å². The van der Waals surface area contributed by atoms with Crippen LogP contribution < -0.4 is 0 Å². The van der Waals surface area contributed by atoms with Gasteiger partial charge in [0.05, 0.1) is 18.8 Å². The first-order valence-corrected chi connectivity index (χ1v) is 9.81. The number of carbonyl (C=O) groups excluding carboxylic acids is 1. The Morgan fingerprint density at radius 1 is 1.28 bits per heavy atom. The Kier molecular flexibility index (Phi) is 6.54. The van der Waals surface area contributed by atoms with Crippen molar-refractivity contribution in [3.8, 4) is 0 Å². The maximum absolute atomic E-state index is 13.1. The molecule has 3 atom stereocenters. The van der Waals surface area contributed by atoms with Crippen molar-refractivity contribution >= 4 is 5.91 Å². The van der Waals surface area contributed by atoms with E-state index in [0.717, 1.165) is 38.8 Å². The van der Waals surface area contributed by atoms with Gasteiger partial charge < -0.3 is 18.9 Å². The third-order valence-corrected chi connectivity index (χ3v) is 5.52. The van der Waals surface area contributed by atoms with Crippen molar-refractivity contribution in [3.05, 3.63) is 24.0 Å². The molecule has 0 spiro atoms. The number of aryl methyl sites for hydroxylation is 1. The summed E-state index contributed by atoms with van der Waals surface area (Å²) in [5.74, 6) is 0.115. The molecule has 2 aliphatic rings. The number of carbonyl (C=O) groups is 1. The van der Waals surface area contributed by atoms with E-state index in [1.807, 2.05) is 6.92 Å². The molecule has 5 nitrogen and oxygen atoms in total. The van der Waals surface area contributed by atoms with Gasteiger partial charge in [0, 0.05) is 32.1 Å². The van der Waals surface area contributed by atoms with Crippen molar-refractivity contribution in [3.63, 3.8) is 0 Å². The summed E-state index contributed by atoms with van der Waals surface area (Å²) in [6, 6.07) is 4.35. The van der Waals surface area contributed by atoms with E-state index in [1.165, 1.54) is 25.0 Å². The summed E-state index contributed by atoms with van der Waals surface area (Å²) in [5.41, 5.74) is 1.22. The predicted octanol–water partition coefficient (Wildman–Crippen LogP) is 3.44. The number of nitrogens with zero attached hydrogens (tertiary/aromatic N) is 2. The van der Waals surface area contributed by atoms with Gasteiger partial charge in [0.15, 0.2) is 0 Å². The molecule has 2 saturated heterocycles. The summed E-state index contributed by atoms with van der Waals surface area (Å²) in [5, 5.41) is 0. The van der Waals surface area contributed by atoms with Crippen LogP contribution in [0.1, 0.15) is 63.6 Å². The molecular formula is C20H32N2O3. The maximum Gasteiger partial charge on any atom is 0.251 e. The molecule has 0 saturated carbocycles. The number of likely N-dealkylation sites (tertiary alicyclic amines) is 1. The van der Waals surface area contributed by atoms with Crippen LogP contribution in [0.15, 0.2) is 18.3 Å². The van der Waals surface area contributed by atoms with E-state index >= 15 is 0 Å². The van der Waals surface area contributed by atoms with Crippen LogP contribution in [-0.2, 0) is 21.3 Å². The van der Waals surface area contributed by atoms with Crippen molar-refractivity contribution in [2.24, 2.45) is 7.05 Å². The monoisotopic (exact) mass is 348 g/mol. The van der Waals surface area contributed by atoms with Gasteiger partial charge in [0.2, 0.25) is 0 Å². The number of ether oxygens (including phenoxy) is 2. The fraction of sp³-hybridized carbons (Fsp3) is 0.750. The Morgan fingerprint density at radius 3 is 2.84 bits per heavy atom. The second-order valence-corrected chi connectivity index (χ2v) is 7.40. The molecular weight excluding hydrogens is 316 g/mol. The van der Waals surface area contributed by atoms with Crippen LogP contribution in [0, 0.1) is 0 Å². The number of amides is 1. The number of rotatable bonds is 5. The molecule has 3 unspecified atom stereocenters. The molecule has 3 heterocycles. The summed E-state index contributed by atoms with van der Waals surface area (Å²) in [6.45, 7) is 4.05. The van der Waals surface area contributed by atoms with Gasteiger partial charge in [-0.15, -0.1) is 0 Å². The van der Waals surface area contributed by atoms with E-state index in [0.29, 0.717) is 6.61 Å². The summed E-state index contributed by atoms with van der Waals surface area (Å²) in [7, 11) is 2.06. The Hall–Kier alpha value is -1.33. The highest BCUT2D eigenvalue weighted by Crippen LogP contribution is 2.31. The van der Waals surface area contributed by atoms with Crippen LogP contribution in [0.25, 0.3) is 0 Å². The maximum atomic E-state index is 13.1. The van der Waals surface area contributed by atoms with Gasteiger partial charge in [-0.3, -0.25) is 4.79 Å². The summed E-state index contributed by atoms with van der Waals surface area (Å²) >= 11 is 0. The minimum absolute atomic E-state index is 0.115. The normalized spacial score (nSPS) is 26.2. The molecule has 140 valence electrons. The fourth-order valence-electron chi connectivity index (χ4n) is 4.00. The highest BCUT2D eigenvalue weighted by Gasteiger charge is 2.31. The fourth-order valence-corrected chi connectivity index (χ4v) is 4.00. The average molecular weight is 348 g/mol. The van der Waals surface area contributed by atoms with Crippen molar-refractivity contribution in [2.45, 2.75) is 70.1 Å². The minimum atomic E-state index is -0.411. The lowest BCUT2D eigenvalue weighted by molar-refractivity contribution is -0.148. The third kappa shape index (κ3) is 4.64. The Balaban J connectivity index is 1.63. The number of aromatic nitrogens is 1. The molecule has 3 rings (SSSR count). The van der Waals surface area contributed by atoms with Crippen molar-refractivity contribution < 1.29 is 14.3 Å². The van der Waals surface area contributed by atoms with Crippen molar-refractivity contribution in [1.29, 1.82) is 0 Å². The van der Waals surface area contributed by atoms with E-state index in [2.05, 4.69) is 34.8 Å². The smallest absolute Gasteiger partial charge is 0.251 e. The lowest BCUT2D eigenvalue weighted by Crippen LogP contribution is -2.43. The van der Waals surface area contributed by atoms with E-state index < -0.39 is 6.10 Å². The average Bonchev–Trinajstić information content (AvgIpc) is 2.92. The number of hydrogen-bond acceptors (Lipinski definition) is 3. The first-order chi connectivity index (χ1) is 12.2.